The van der Waals surface area contributed by atoms with E-state index in [-0.39, 0.29) is 5.82 Å². The van der Waals surface area contributed by atoms with Gasteiger partial charge in [-0.1, -0.05) is 6.07 Å². The van der Waals surface area contributed by atoms with Crippen LogP contribution >= 0.6 is 0 Å². The molecule has 3 heteroatoms. The lowest BCUT2D eigenvalue weighted by atomic mass is 10.3. The SMILES string of the molecule is CC1=Nc2c(F)cccc2[N]1. The molecule has 2 rings (SSSR count). The fourth-order valence-corrected chi connectivity index (χ4v) is 1.07. The van der Waals surface area contributed by atoms with Crippen LogP contribution in [0, 0.1) is 5.82 Å². The molecule has 55 valence electrons. The first-order chi connectivity index (χ1) is 5.27. The number of hydrogen-bond donors (Lipinski definition) is 0. The first kappa shape index (κ1) is 6.34. The van der Waals surface area contributed by atoms with E-state index in [4.69, 9.17) is 0 Å². The summed E-state index contributed by atoms with van der Waals surface area (Å²) in [6.07, 6.45) is 0. The second kappa shape index (κ2) is 2.05. The molecule has 0 bridgehead atoms. The van der Waals surface area contributed by atoms with Crippen molar-refractivity contribution in [2.45, 2.75) is 6.92 Å². The van der Waals surface area contributed by atoms with Crippen LogP contribution in [0.25, 0.3) is 0 Å². The number of halogens is 1. The molecule has 0 aliphatic carbocycles. The number of amidine groups is 1. The molecular formula is C8H6FN2. The van der Waals surface area contributed by atoms with Crippen LogP contribution in [0.1, 0.15) is 6.92 Å². The van der Waals surface area contributed by atoms with Crippen LogP contribution in [0.15, 0.2) is 23.2 Å². The number of hydrogen-bond acceptors (Lipinski definition) is 1. The molecule has 11 heavy (non-hydrogen) atoms. The molecule has 0 N–H and O–H groups in total. The molecule has 0 saturated heterocycles. The van der Waals surface area contributed by atoms with Gasteiger partial charge < -0.3 is 0 Å². The Kier molecular flexibility index (Phi) is 1.18. The molecule has 0 amide bonds. The zero-order valence-corrected chi connectivity index (χ0v) is 6.00. The van der Waals surface area contributed by atoms with Crippen LogP contribution in [0.5, 0.6) is 0 Å². The topological polar surface area (TPSA) is 26.5 Å². The zero-order valence-electron chi connectivity index (χ0n) is 6.00. The third-order valence-corrected chi connectivity index (χ3v) is 1.52. The van der Waals surface area contributed by atoms with Crippen molar-refractivity contribution >= 4 is 17.2 Å². The first-order valence-corrected chi connectivity index (χ1v) is 3.33. The quantitative estimate of drug-likeness (QED) is 0.540. The molecule has 0 atom stereocenters. The molecule has 1 aliphatic rings. The summed E-state index contributed by atoms with van der Waals surface area (Å²) >= 11 is 0. The van der Waals surface area contributed by atoms with E-state index in [1.54, 1.807) is 19.1 Å². The summed E-state index contributed by atoms with van der Waals surface area (Å²) in [6.45, 7) is 1.75. The fraction of sp³-hybridized carbons (Fsp3) is 0.125. The Morgan fingerprint density at radius 3 is 2.91 bits per heavy atom. The summed E-state index contributed by atoms with van der Waals surface area (Å²) in [5, 5.41) is 4.02. The molecule has 1 aromatic rings. The number of benzene rings is 1. The average molecular weight is 149 g/mol. The van der Waals surface area contributed by atoms with E-state index in [0.29, 0.717) is 17.2 Å². The van der Waals surface area contributed by atoms with Crippen molar-refractivity contribution in [3.05, 3.63) is 24.0 Å². The molecule has 0 spiro atoms. The smallest absolute Gasteiger partial charge is 0.151 e. The van der Waals surface area contributed by atoms with Gasteiger partial charge in [-0.2, -0.15) is 0 Å². The molecule has 0 saturated carbocycles. The highest BCUT2D eigenvalue weighted by atomic mass is 19.1. The number of para-hydroxylation sites is 1. The van der Waals surface area contributed by atoms with Gasteiger partial charge >= 0.3 is 0 Å². The average Bonchev–Trinajstić information content (AvgIpc) is 2.31. The number of nitrogens with zero attached hydrogens (tertiary/aromatic N) is 2. The Morgan fingerprint density at radius 1 is 1.36 bits per heavy atom. The normalized spacial score (nSPS) is 13.8. The molecule has 1 heterocycles. The third-order valence-electron chi connectivity index (χ3n) is 1.52. The zero-order chi connectivity index (χ0) is 7.84. The van der Waals surface area contributed by atoms with Gasteiger partial charge in [0.1, 0.15) is 11.5 Å². The number of fused-ring (bicyclic) bond motifs is 1. The molecule has 0 unspecified atom stereocenters. The lowest BCUT2D eigenvalue weighted by Crippen LogP contribution is -1.98. The second-order valence-electron chi connectivity index (χ2n) is 2.38. The lowest BCUT2D eigenvalue weighted by molar-refractivity contribution is 0.631. The first-order valence-electron chi connectivity index (χ1n) is 3.33. The van der Waals surface area contributed by atoms with Crippen molar-refractivity contribution in [2.24, 2.45) is 4.99 Å². The van der Waals surface area contributed by atoms with E-state index >= 15 is 0 Å². The molecule has 1 aliphatic heterocycles. The van der Waals surface area contributed by atoms with E-state index in [2.05, 4.69) is 10.3 Å². The summed E-state index contributed by atoms with van der Waals surface area (Å²) in [4.78, 5) is 3.93. The molecule has 0 fully saturated rings. The lowest BCUT2D eigenvalue weighted by Gasteiger charge is -1.94. The van der Waals surface area contributed by atoms with Crippen molar-refractivity contribution < 1.29 is 4.39 Å². The van der Waals surface area contributed by atoms with Gasteiger partial charge in [-0.15, -0.1) is 0 Å². The van der Waals surface area contributed by atoms with E-state index in [1.807, 2.05) is 0 Å². The van der Waals surface area contributed by atoms with E-state index in [9.17, 15) is 4.39 Å². The minimum atomic E-state index is -0.303. The maximum absolute atomic E-state index is 12.9. The van der Waals surface area contributed by atoms with Crippen LogP contribution < -0.4 is 5.32 Å². The van der Waals surface area contributed by atoms with Gasteiger partial charge in [0, 0.05) is 0 Å². The largest absolute Gasteiger partial charge is 0.231 e. The van der Waals surface area contributed by atoms with E-state index < -0.39 is 0 Å². The number of aliphatic imine (C=N–C) groups is 1. The Bertz CT molecular complexity index is 331. The minimum absolute atomic E-state index is 0.303. The number of rotatable bonds is 0. The Hall–Kier alpha value is -1.38. The van der Waals surface area contributed by atoms with Crippen molar-refractivity contribution in [1.29, 1.82) is 0 Å². The maximum atomic E-state index is 12.9. The molecule has 1 radical (unpaired) electrons. The van der Waals surface area contributed by atoms with Gasteiger partial charge in [0.15, 0.2) is 5.82 Å². The van der Waals surface area contributed by atoms with E-state index in [1.165, 1.54) is 6.07 Å². The molecule has 1 aromatic carbocycles. The van der Waals surface area contributed by atoms with Crippen molar-refractivity contribution in [3.63, 3.8) is 0 Å². The van der Waals surface area contributed by atoms with Crippen LogP contribution in [-0.4, -0.2) is 5.84 Å². The minimum Gasteiger partial charge on any atom is -0.231 e. The monoisotopic (exact) mass is 149 g/mol. The van der Waals surface area contributed by atoms with Crippen molar-refractivity contribution in [1.82, 2.24) is 5.32 Å². The van der Waals surface area contributed by atoms with Crippen molar-refractivity contribution in [2.75, 3.05) is 0 Å². The summed E-state index contributed by atoms with van der Waals surface area (Å²) < 4.78 is 12.9. The van der Waals surface area contributed by atoms with Crippen LogP contribution in [0.3, 0.4) is 0 Å². The predicted molar refractivity (Wildman–Crippen MR) is 41.0 cm³/mol. The highest BCUT2D eigenvalue weighted by Gasteiger charge is 2.15. The Labute approximate surface area is 63.8 Å². The van der Waals surface area contributed by atoms with Gasteiger partial charge in [0.25, 0.3) is 0 Å². The molecular weight excluding hydrogens is 143 g/mol. The van der Waals surface area contributed by atoms with Gasteiger partial charge in [-0.05, 0) is 19.1 Å². The summed E-state index contributed by atoms with van der Waals surface area (Å²) in [5.41, 5.74) is 0.993. The highest BCUT2D eigenvalue weighted by molar-refractivity contribution is 5.94. The molecule has 2 nitrogen and oxygen atoms in total. The van der Waals surface area contributed by atoms with Crippen molar-refractivity contribution in [3.8, 4) is 0 Å². The second-order valence-corrected chi connectivity index (χ2v) is 2.38. The fourth-order valence-electron chi connectivity index (χ4n) is 1.07. The Balaban J connectivity index is 2.61. The highest BCUT2D eigenvalue weighted by Crippen LogP contribution is 2.32. The van der Waals surface area contributed by atoms with Gasteiger partial charge in [-0.25, -0.2) is 14.7 Å². The van der Waals surface area contributed by atoms with Gasteiger partial charge in [0.05, 0.1) is 5.69 Å². The van der Waals surface area contributed by atoms with Crippen LogP contribution in [-0.2, 0) is 0 Å². The summed E-state index contributed by atoms with van der Waals surface area (Å²) in [5.74, 6) is 0.313. The summed E-state index contributed by atoms with van der Waals surface area (Å²) in [6, 6.07) is 4.76. The van der Waals surface area contributed by atoms with Gasteiger partial charge in [0.2, 0.25) is 0 Å². The summed E-state index contributed by atoms with van der Waals surface area (Å²) in [7, 11) is 0. The van der Waals surface area contributed by atoms with Gasteiger partial charge in [-0.3, -0.25) is 0 Å². The predicted octanol–water partition coefficient (Wildman–Crippen LogP) is 2.13. The third kappa shape index (κ3) is 0.888. The maximum Gasteiger partial charge on any atom is 0.151 e. The Morgan fingerprint density at radius 2 is 2.18 bits per heavy atom. The molecule has 0 aromatic heterocycles. The standard InChI is InChI=1S/C8H6FN2/c1-5-10-7-4-2-3-6(9)8(7)11-5/h2-4H,1H3. The van der Waals surface area contributed by atoms with Crippen LogP contribution in [0.2, 0.25) is 0 Å². The van der Waals surface area contributed by atoms with Crippen LogP contribution in [0.4, 0.5) is 15.8 Å². The van der Waals surface area contributed by atoms with E-state index in [0.717, 1.165) is 0 Å².